The number of hydrogen-bond acceptors (Lipinski definition) is 4. The van der Waals surface area contributed by atoms with E-state index in [1.165, 1.54) is 6.07 Å². The summed E-state index contributed by atoms with van der Waals surface area (Å²) < 4.78 is 39.2. The van der Waals surface area contributed by atoms with Crippen LogP contribution in [0.5, 0.6) is 0 Å². The molecule has 19 heavy (non-hydrogen) atoms. The summed E-state index contributed by atoms with van der Waals surface area (Å²) in [6.45, 7) is 5.08. The topological polar surface area (TPSA) is 72.5 Å². The minimum absolute atomic E-state index is 0.201. The molecule has 0 bridgehead atoms. The Morgan fingerprint density at radius 3 is 2.37 bits per heavy atom. The first-order valence-corrected chi connectivity index (χ1v) is 6.99. The van der Waals surface area contributed by atoms with Crippen molar-refractivity contribution in [2.45, 2.75) is 31.3 Å². The van der Waals surface area contributed by atoms with Crippen LogP contribution in [0.4, 0.5) is 14.4 Å². The number of carbonyl (C=O) groups excluding carboxylic acids is 1. The SMILES string of the molecule is CC(C)(C)OC(=O)Nc1ccc(S(=O)(=O)F)c(Cl)c1. The summed E-state index contributed by atoms with van der Waals surface area (Å²) in [5.74, 6) is 0. The van der Waals surface area contributed by atoms with Crippen LogP contribution in [0.25, 0.3) is 0 Å². The third-order valence-electron chi connectivity index (χ3n) is 1.84. The molecule has 1 aromatic rings. The van der Waals surface area contributed by atoms with Crippen molar-refractivity contribution >= 4 is 33.6 Å². The standard InChI is InChI=1S/C11H13ClFNO4S/c1-11(2,3)18-10(15)14-7-4-5-9(8(12)6-7)19(13,16)17/h4-6H,1-3H3,(H,14,15). The zero-order valence-corrected chi connectivity index (χ0v) is 12.1. The van der Waals surface area contributed by atoms with E-state index < -0.39 is 26.8 Å². The van der Waals surface area contributed by atoms with Crippen molar-refractivity contribution < 1.29 is 21.8 Å². The Labute approximate surface area is 115 Å². The molecule has 0 aliphatic carbocycles. The maximum absolute atomic E-state index is 12.8. The molecule has 0 aliphatic heterocycles. The Balaban J connectivity index is 2.89. The number of hydrogen-bond donors (Lipinski definition) is 1. The van der Waals surface area contributed by atoms with E-state index in [1.807, 2.05) is 0 Å². The largest absolute Gasteiger partial charge is 0.444 e. The van der Waals surface area contributed by atoms with Crippen LogP contribution in [0.15, 0.2) is 23.1 Å². The lowest BCUT2D eigenvalue weighted by atomic mass is 10.2. The van der Waals surface area contributed by atoms with Gasteiger partial charge in [0.2, 0.25) is 0 Å². The molecule has 1 rings (SSSR count). The highest BCUT2D eigenvalue weighted by Gasteiger charge is 2.19. The summed E-state index contributed by atoms with van der Waals surface area (Å²) >= 11 is 5.62. The molecular formula is C11H13ClFNO4S. The van der Waals surface area contributed by atoms with Gasteiger partial charge in [0.1, 0.15) is 10.5 Å². The van der Waals surface area contributed by atoms with Crippen molar-refractivity contribution in [3.05, 3.63) is 23.2 Å². The quantitative estimate of drug-likeness (QED) is 0.850. The molecule has 0 radical (unpaired) electrons. The highest BCUT2D eigenvalue weighted by atomic mass is 35.5. The summed E-state index contributed by atoms with van der Waals surface area (Å²) in [7, 11) is -4.88. The molecule has 0 saturated carbocycles. The fourth-order valence-electron chi connectivity index (χ4n) is 1.20. The third-order valence-corrected chi connectivity index (χ3v) is 3.15. The van der Waals surface area contributed by atoms with Gasteiger partial charge in [0.15, 0.2) is 0 Å². The molecule has 1 amide bonds. The normalized spacial score (nSPS) is 12.1. The zero-order valence-electron chi connectivity index (χ0n) is 10.5. The van der Waals surface area contributed by atoms with Crippen molar-refractivity contribution in [1.29, 1.82) is 0 Å². The molecule has 0 aliphatic rings. The number of carbonyl (C=O) groups is 1. The van der Waals surface area contributed by atoms with Gasteiger partial charge in [-0.3, -0.25) is 5.32 Å². The van der Waals surface area contributed by atoms with Gasteiger partial charge >= 0.3 is 16.3 Å². The summed E-state index contributed by atoms with van der Waals surface area (Å²) in [6.07, 6.45) is -0.723. The molecule has 106 valence electrons. The van der Waals surface area contributed by atoms with Gasteiger partial charge in [-0.2, -0.15) is 8.42 Å². The second-order valence-electron chi connectivity index (χ2n) is 4.71. The number of nitrogens with one attached hydrogen (secondary N) is 1. The number of ether oxygens (including phenoxy) is 1. The van der Waals surface area contributed by atoms with Crippen molar-refractivity contribution in [3.63, 3.8) is 0 Å². The van der Waals surface area contributed by atoms with E-state index in [-0.39, 0.29) is 10.7 Å². The molecule has 0 saturated heterocycles. The molecule has 1 aromatic carbocycles. The lowest BCUT2D eigenvalue weighted by Gasteiger charge is -2.19. The Hall–Kier alpha value is -1.34. The van der Waals surface area contributed by atoms with Crippen LogP contribution in [-0.4, -0.2) is 20.1 Å². The summed E-state index contributed by atoms with van der Waals surface area (Å²) in [5.41, 5.74) is -0.470. The summed E-state index contributed by atoms with van der Waals surface area (Å²) in [4.78, 5) is 10.8. The van der Waals surface area contributed by atoms with Crippen molar-refractivity contribution in [2.24, 2.45) is 0 Å². The number of benzene rings is 1. The molecule has 0 heterocycles. The Bertz CT molecular complexity index is 595. The van der Waals surface area contributed by atoms with Crippen molar-refractivity contribution in [3.8, 4) is 0 Å². The maximum atomic E-state index is 12.8. The molecule has 5 nitrogen and oxygen atoms in total. The first kappa shape index (κ1) is 15.7. The first-order chi connectivity index (χ1) is 8.49. The number of rotatable bonds is 2. The number of anilines is 1. The van der Waals surface area contributed by atoms with Crippen LogP contribution in [-0.2, 0) is 15.0 Å². The molecule has 1 N–H and O–H groups in total. The van der Waals surface area contributed by atoms with Crippen molar-refractivity contribution in [2.75, 3.05) is 5.32 Å². The van der Waals surface area contributed by atoms with E-state index in [1.54, 1.807) is 20.8 Å². The van der Waals surface area contributed by atoms with Gasteiger partial charge in [0.05, 0.1) is 5.02 Å². The lowest BCUT2D eigenvalue weighted by Crippen LogP contribution is -2.27. The lowest BCUT2D eigenvalue weighted by molar-refractivity contribution is 0.0636. The molecule has 0 aromatic heterocycles. The van der Waals surface area contributed by atoms with Gasteiger partial charge in [-0.15, -0.1) is 3.89 Å². The molecule has 8 heteroatoms. The third kappa shape index (κ3) is 5.04. The van der Waals surface area contributed by atoms with Crippen LogP contribution >= 0.6 is 11.6 Å². The predicted molar refractivity (Wildman–Crippen MR) is 69.6 cm³/mol. The Kier molecular flexibility index (Phi) is 4.42. The molecule has 0 unspecified atom stereocenters. The monoisotopic (exact) mass is 309 g/mol. The fourth-order valence-corrected chi connectivity index (χ4v) is 2.18. The highest BCUT2D eigenvalue weighted by Crippen LogP contribution is 2.26. The van der Waals surface area contributed by atoms with Gasteiger partial charge in [-0.1, -0.05) is 11.6 Å². The minimum atomic E-state index is -4.88. The predicted octanol–water partition coefficient (Wildman–Crippen LogP) is 3.35. The van der Waals surface area contributed by atoms with Gasteiger partial charge in [0.25, 0.3) is 0 Å². The average Bonchev–Trinajstić information content (AvgIpc) is 2.11. The molecule has 0 fully saturated rings. The van der Waals surface area contributed by atoms with E-state index in [0.29, 0.717) is 0 Å². The molecule has 0 spiro atoms. The smallest absolute Gasteiger partial charge is 0.412 e. The fraction of sp³-hybridized carbons (Fsp3) is 0.364. The van der Waals surface area contributed by atoms with E-state index >= 15 is 0 Å². The van der Waals surface area contributed by atoms with Crippen LogP contribution in [0, 0.1) is 0 Å². The molecule has 0 atom stereocenters. The van der Waals surface area contributed by atoms with E-state index in [2.05, 4.69) is 5.32 Å². The summed E-state index contributed by atoms with van der Waals surface area (Å²) in [5, 5.41) is 2.03. The van der Waals surface area contributed by atoms with Crippen LogP contribution in [0.2, 0.25) is 5.02 Å². The van der Waals surface area contributed by atoms with E-state index in [0.717, 1.165) is 12.1 Å². The van der Waals surface area contributed by atoms with Crippen LogP contribution < -0.4 is 5.32 Å². The van der Waals surface area contributed by atoms with Gasteiger partial charge in [0, 0.05) is 5.69 Å². The van der Waals surface area contributed by atoms with Crippen molar-refractivity contribution in [1.82, 2.24) is 0 Å². The second kappa shape index (κ2) is 5.34. The Morgan fingerprint density at radius 1 is 1.37 bits per heavy atom. The van der Waals surface area contributed by atoms with Crippen LogP contribution in [0.1, 0.15) is 20.8 Å². The molecular weight excluding hydrogens is 297 g/mol. The first-order valence-electron chi connectivity index (χ1n) is 5.23. The number of amides is 1. The highest BCUT2D eigenvalue weighted by molar-refractivity contribution is 7.86. The number of halogens is 2. The van der Waals surface area contributed by atoms with Gasteiger partial charge in [-0.05, 0) is 39.0 Å². The van der Waals surface area contributed by atoms with E-state index in [4.69, 9.17) is 16.3 Å². The zero-order chi connectivity index (χ0) is 14.8. The average molecular weight is 310 g/mol. The van der Waals surface area contributed by atoms with E-state index in [9.17, 15) is 17.1 Å². The Morgan fingerprint density at radius 2 is 1.95 bits per heavy atom. The van der Waals surface area contributed by atoms with Gasteiger partial charge in [-0.25, -0.2) is 4.79 Å². The van der Waals surface area contributed by atoms with Crippen LogP contribution in [0.3, 0.4) is 0 Å². The van der Waals surface area contributed by atoms with Gasteiger partial charge < -0.3 is 4.74 Å². The second-order valence-corrected chi connectivity index (χ2v) is 6.43. The minimum Gasteiger partial charge on any atom is -0.444 e. The summed E-state index contributed by atoms with van der Waals surface area (Å²) in [6, 6.07) is 3.30. The maximum Gasteiger partial charge on any atom is 0.412 e.